The molecule has 0 bridgehead atoms. The van der Waals surface area contributed by atoms with Gasteiger partial charge in [-0.15, -0.1) is 0 Å². The van der Waals surface area contributed by atoms with E-state index in [-0.39, 0.29) is 12.0 Å². The summed E-state index contributed by atoms with van der Waals surface area (Å²) in [5.74, 6) is 0.0717. The zero-order valence-electron chi connectivity index (χ0n) is 9.86. The van der Waals surface area contributed by atoms with Crippen molar-refractivity contribution < 1.29 is 9.53 Å². The van der Waals surface area contributed by atoms with Gasteiger partial charge in [0, 0.05) is 19.2 Å². The Morgan fingerprint density at radius 3 is 2.62 bits per heavy atom. The van der Waals surface area contributed by atoms with Crippen LogP contribution in [-0.2, 0) is 9.53 Å². The fourth-order valence-electron chi connectivity index (χ4n) is 2.76. The minimum absolute atomic E-state index is 0.0717. The van der Waals surface area contributed by atoms with Gasteiger partial charge in [0.2, 0.25) is 5.91 Å². The monoisotopic (exact) mass is 223 g/mol. The smallest absolute Gasteiger partial charge is 0.246 e. The molecule has 0 aromatic rings. The van der Waals surface area contributed by atoms with Crippen LogP contribution in [0.25, 0.3) is 0 Å². The molecule has 1 aliphatic carbocycles. The van der Waals surface area contributed by atoms with Crippen LogP contribution >= 0.6 is 0 Å². The molecule has 0 aromatic heterocycles. The maximum Gasteiger partial charge on any atom is 0.246 e. The number of hydrogen-bond donors (Lipinski definition) is 0. The van der Waals surface area contributed by atoms with Gasteiger partial charge < -0.3 is 9.64 Å². The summed E-state index contributed by atoms with van der Waals surface area (Å²) in [6.07, 6.45) is 8.70. The van der Waals surface area contributed by atoms with Crippen LogP contribution in [-0.4, -0.2) is 36.1 Å². The van der Waals surface area contributed by atoms with Gasteiger partial charge in [-0.05, 0) is 31.8 Å². The van der Waals surface area contributed by atoms with Crippen molar-refractivity contribution in [3.05, 3.63) is 12.7 Å². The molecular weight excluding hydrogens is 202 g/mol. The quantitative estimate of drug-likeness (QED) is 0.683. The number of carbonyl (C=O) groups is 1. The summed E-state index contributed by atoms with van der Waals surface area (Å²) in [7, 11) is 0. The van der Waals surface area contributed by atoms with Gasteiger partial charge in [-0.3, -0.25) is 4.79 Å². The molecule has 3 nitrogen and oxygen atoms in total. The molecule has 0 radical (unpaired) electrons. The van der Waals surface area contributed by atoms with E-state index in [1.807, 2.05) is 4.90 Å². The average Bonchev–Trinajstić information content (AvgIpc) is 2.97. The molecule has 1 unspecified atom stereocenters. The third-order valence-corrected chi connectivity index (χ3v) is 3.65. The number of ether oxygens (including phenoxy) is 1. The Morgan fingerprint density at radius 1 is 1.31 bits per heavy atom. The Kier molecular flexibility index (Phi) is 3.99. The van der Waals surface area contributed by atoms with Crippen molar-refractivity contribution in [2.24, 2.45) is 0 Å². The number of hydrogen-bond acceptors (Lipinski definition) is 2. The highest BCUT2D eigenvalue weighted by atomic mass is 16.5. The van der Waals surface area contributed by atoms with Crippen molar-refractivity contribution in [2.75, 3.05) is 13.2 Å². The van der Waals surface area contributed by atoms with E-state index >= 15 is 0 Å². The molecule has 2 rings (SSSR count). The van der Waals surface area contributed by atoms with Crippen LogP contribution in [0.1, 0.15) is 38.5 Å². The van der Waals surface area contributed by atoms with Crippen LogP contribution < -0.4 is 0 Å². The molecule has 0 spiro atoms. The summed E-state index contributed by atoms with van der Waals surface area (Å²) in [5.41, 5.74) is 0. The summed E-state index contributed by atoms with van der Waals surface area (Å²) in [6.45, 7) is 5.21. The molecule has 16 heavy (non-hydrogen) atoms. The van der Waals surface area contributed by atoms with Gasteiger partial charge in [0.15, 0.2) is 0 Å². The Hall–Kier alpha value is -0.830. The van der Waals surface area contributed by atoms with Crippen LogP contribution in [0.4, 0.5) is 0 Å². The van der Waals surface area contributed by atoms with Gasteiger partial charge in [0.05, 0.1) is 6.10 Å². The van der Waals surface area contributed by atoms with Crippen LogP contribution in [0.2, 0.25) is 0 Å². The third-order valence-electron chi connectivity index (χ3n) is 3.65. The number of amides is 1. The first-order valence-electron chi connectivity index (χ1n) is 6.36. The molecule has 0 N–H and O–H groups in total. The predicted molar refractivity (Wildman–Crippen MR) is 63.1 cm³/mol. The van der Waals surface area contributed by atoms with Crippen molar-refractivity contribution in [2.45, 2.75) is 50.7 Å². The van der Waals surface area contributed by atoms with E-state index in [2.05, 4.69) is 6.58 Å². The zero-order chi connectivity index (χ0) is 11.4. The van der Waals surface area contributed by atoms with E-state index in [4.69, 9.17) is 4.74 Å². The summed E-state index contributed by atoms with van der Waals surface area (Å²) in [5, 5.41) is 0. The first-order valence-corrected chi connectivity index (χ1v) is 6.36. The van der Waals surface area contributed by atoms with Crippen molar-refractivity contribution in [1.29, 1.82) is 0 Å². The van der Waals surface area contributed by atoms with E-state index in [1.54, 1.807) is 0 Å². The van der Waals surface area contributed by atoms with E-state index in [0.29, 0.717) is 6.04 Å². The Morgan fingerprint density at radius 2 is 2.06 bits per heavy atom. The normalized spacial score (nSPS) is 25.9. The molecule has 1 heterocycles. The lowest BCUT2D eigenvalue weighted by Crippen LogP contribution is -2.42. The van der Waals surface area contributed by atoms with Crippen LogP contribution in [0.5, 0.6) is 0 Å². The van der Waals surface area contributed by atoms with Crippen LogP contribution in [0, 0.1) is 0 Å². The molecule has 1 atom stereocenters. The van der Waals surface area contributed by atoms with Crippen molar-refractivity contribution in [3.63, 3.8) is 0 Å². The largest absolute Gasteiger partial charge is 0.376 e. The van der Waals surface area contributed by atoms with Crippen molar-refractivity contribution in [3.8, 4) is 0 Å². The molecule has 3 heteroatoms. The second kappa shape index (κ2) is 5.48. The van der Waals surface area contributed by atoms with Gasteiger partial charge in [0.25, 0.3) is 0 Å². The molecule has 2 aliphatic rings. The fourth-order valence-corrected chi connectivity index (χ4v) is 2.76. The van der Waals surface area contributed by atoms with Gasteiger partial charge in [0.1, 0.15) is 0 Å². The fraction of sp³-hybridized carbons (Fsp3) is 0.769. The zero-order valence-corrected chi connectivity index (χ0v) is 9.86. The Balaban J connectivity index is 1.95. The van der Waals surface area contributed by atoms with Gasteiger partial charge in [-0.2, -0.15) is 0 Å². The number of carbonyl (C=O) groups excluding carboxylic acids is 1. The first-order chi connectivity index (χ1) is 7.81. The summed E-state index contributed by atoms with van der Waals surface area (Å²) < 4.78 is 5.61. The van der Waals surface area contributed by atoms with E-state index in [0.717, 1.165) is 38.8 Å². The molecule has 1 amide bonds. The molecular formula is C13H21NO2. The SMILES string of the molecule is C=CC(=O)N(CC1CCCO1)C1CCCC1. The molecule has 1 aliphatic heterocycles. The lowest BCUT2D eigenvalue weighted by Gasteiger charge is -2.30. The third kappa shape index (κ3) is 2.64. The highest BCUT2D eigenvalue weighted by Crippen LogP contribution is 2.25. The standard InChI is InChI=1S/C13H21NO2/c1-2-13(15)14(11-6-3-4-7-11)10-12-8-5-9-16-12/h2,11-12H,1,3-10H2. The second-order valence-electron chi connectivity index (χ2n) is 4.77. The molecule has 1 saturated heterocycles. The predicted octanol–water partition coefficient (Wildman–Crippen LogP) is 2.12. The van der Waals surface area contributed by atoms with E-state index < -0.39 is 0 Å². The molecule has 2 fully saturated rings. The number of nitrogens with zero attached hydrogens (tertiary/aromatic N) is 1. The maximum absolute atomic E-state index is 11.8. The molecule has 90 valence electrons. The second-order valence-corrected chi connectivity index (χ2v) is 4.77. The molecule has 1 saturated carbocycles. The van der Waals surface area contributed by atoms with Crippen LogP contribution in [0.15, 0.2) is 12.7 Å². The first kappa shape index (κ1) is 11.6. The van der Waals surface area contributed by atoms with Gasteiger partial charge in [-0.25, -0.2) is 0 Å². The maximum atomic E-state index is 11.8. The highest BCUT2D eigenvalue weighted by molar-refractivity contribution is 5.87. The minimum atomic E-state index is 0.0717. The number of rotatable bonds is 4. The summed E-state index contributed by atoms with van der Waals surface area (Å²) in [4.78, 5) is 13.8. The molecule has 0 aromatic carbocycles. The van der Waals surface area contributed by atoms with Gasteiger partial charge >= 0.3 is 0 Å². The van der Waals surface area contributed by atoms with Crippen LogP contribution in [0.3, 0.4) is 0 Å². The van der Waals surface area contributed by atoms with E-state index in [1.165, 1.54) is 18.9 Å². The Bertz CT molecular complexity index is 253. The van der Waals surface area contributed by atoms with E-state index in [9.17, 15) is 4.79 Å². The average molecular weight is 223 g/mol. The highest BCUT2D eigenvalue weighted by Gasteiger charge is 2.28. The summed E-state index contributed by atoms with van der Waals surface area (Å²) >= 11 is 0. The Labute approximate surface area is 97.5 Å². The lowest BCUT2D eigenvalue weighted by atomic mass is 10.1. The van der Waals surface area contributed by atoms with Crippen molar-refractivity contribution >= 4 is 5.91 Å². The summed E-state index contributed by atoms with van der Waals surface area (Å²) in [6, 6.07) is 0.426. The van der Waals surface area contributed by atoms with Gasteiger partial charge in [-0.1, -0.05) is 19.4 Å². The lowest BCUT2D eigenvalue weighted by molar-refractivity contribution is -0.129. The minimum Gasteiger partial charge on any atom is -0.376 e. The topological polar surface area (TPSA) is 29.5 Å². The van der Waals surface area contributed by atoms with Crippen molar-refractivity contribution in [1.82, 2.24) is 4.90 Å².